The number of rotatable bonds is 7. The summed E-state index contributed by atoms with van der Waals surface area (Å²) >= 11 is 0. The molecule has 3 aromatic carbocycles. The van der Waals surface area contributed by atoms with Crippen LogP contribution in [0.3, 0.4) is 0 Å². The van der Waals surface area contributed by atoms with Crippen LogP contribution in [0.1, 0.15) is 69.1 Å². The number of para-hydroxylation sites is 1. The van der Waals surface area contributed by atoms with Crippen molar-refractivity contribution in [3.05, 3.63) is 94.2 Å². The number of oxazole rings is 1. The van der Waals surface area contributed by atoms with Crippen molar-refractivity contribution < 1.29 is 42.5 Å². The van der Waals surface area contributed by atoms with Crippen LogP contribution in [-0.2, 0) is 21.4 Å². The van der Waals surface area contributed by atoms with E-state index in [0.29, 0.717) is 23.0 Å². The molecule has 4 heterocycles. The van der Waals surface area contributed by atoms with Gasteiger partial charge in [0.05, 0.1) is 28.4 Å². The molecule has 3 N–H and O–H groups in total. The van der Waals surface area contributed by atoms with Crippen LogP contribution in [-0.4, -0.2) is 63.5 Å². The highest BCUT2D eigenvalue weighted by Crippen LogP contribution is 2.58. The third-order valence-electron chi connectivity index (χ3n) is 9.35. The van der Waals surface area contributed by atoms with Crippen molar-refractivity contribution in [3.8, 4) is 23.0 Å². The molecule has 7 rings (SSSR count). The number of amides is 2. The topological polar surface area (TPSA) is 159 Å². The molecule has 1 unspecified atom stereocenters. The lowest BCUT2D eigenvalue weighted by Gasteiger charge is -2.28. The molecule has 4 bridgehead atoms. The predicted molar refractivity (Wildman–Crippen MR) is 175 cm³/mol. The fourth-order valence-corrected chi connectivity index (χ4v) is 6.99. The molecule has 0 radical (unpaired) electrons. The first kappa shape index (κ1) is 31.9. The van der Waals surface area contributed by atoms with E-state index in [-0.39, 0.29) is 35.2 Å². The van der Waals surface area contributed by atoms with Crippen LogP contribution < -0.4 is 34.9 Å². The van der Waals surface area contributed by atoms with Crippen LogP contribution >= 0.6 is 0 Å². The van der Waals surface area contributed by atoms with E-state index in [2.05, 4.69) is 20.9 Å². The molecule has 0 saturated carbocycles. The maximum atomic E-state index is 14.1. The molecular formula is C36H36N4O9. The van der Waals surface area contributed by atoms with Crippen LogP contribution in [0.5, 0.6) is 23.0 Å². The number of fused-ring (bicyclic) bond motifs is 4. The van der Waals surface area contributed by atoms with E-state index in [0.717, 1.165) is 22.4 Å². The lowest BCUT2D eigenvalue weighted by atomic mass is 9.72. The van der Waals surface area contributed by atoms with Crippen LogP contribution in [0.2, 0.25) is 0 Å². The van der Waals surface area contributed by atoms with Gasteiger partial charge in [-0.15, -0.1) is 0 Å². The summed E-state index contributed by atoms with van der Waals surface area (Å²) in [6, 6.07) is 14.5. The van der Waals surface area contributed by atoms with Crippen molar-refractivity contribution >= 4 is 23.5 Å². The van der Waals surface area contributed by atoms with Gasteiger partial charge in [0.1, 0.15) is 23.2 Å². The van der Waals surface area contributed by atoms with Crippen LogP contribution in [0.25, 0.3) is 0 Å². The van der Waals surface area contributed by atoms with Gasteiger partial charge in [0, 0.05) is 23.2 Å². The Bertz CT molecular complexity index is 1960. The number of esters is 1. The standard InChI is InChI=1S/C36H36N4O9/c1-17(2)27-33-40-28(34(43)47-6)30(49-33)36-20-9-7-8-10-22(20)38-35(36)48-24-12-11-18(13-21(24)36)14-23(32(42)39-27)37-31(41)19-15-25(44-3)29(46-5)26(16-19)45-4/h7-13,15-17,23,27,35,38H,14H2,1-6H3,(H,37,41)(H,39,42)/t23-,27-,35?,36-/m0/s1. The minimum atomic E-state index is -1.13. The van der Waals surface area contributed by atoms with Gasteiger partial charge in [-0.25, -0.2) is 9.78 Å². The molecule has 0 saturated heterocycles. The number of nitrogens with one attached hydrogen (secondary N) is 3. The molecule has 0 aliphatic carbocycles. The van der Waals surface area contributed by atoms with Gasteiger partial charge in [0.25, 0.3) is 5.91 Å². The minimum absolute atomic E-state index is 0.0192. The van der Waals surface area contributed by atoms with Gasteiger partial charge in [-0.05, 0) is 41.3 Å². The molecular weight excluding hydrogens is 632 g/mol. The molecule has 4 atom stereocenters. The average molecular weight is 669 g/mol. The number of anilines is 1. The number of nitrogens with zero attached hydrogens (tertiary/aromatic N) is 1. The molecule has 3 aliphatic rings. The van der Waals surface area contributed by atoms with E-state index >= 15 is 0 Å². The van der Waals surface area contributed by atoms with Crippen molar-refractivity contribution in [1.29, 1.82) is 0 Å². The third-order valence-corrected chi connectivity index (χ3v) is 9.35. The van der Waals surface area contributed by atoms with Gasteiger partial charge in [0.15, 0.2) is 29.2 Å². The van der Waals surface area contributed by atoms with Crippen molar-refractivity contribution in [2.75, 3.05) is 33.8 Å². The van der Waals surface area contributed by atoms with Gasteiger partial charge in [-0.1, -0.05) is 44.2 Å². The number of hydrogen-bond acceptors (Lipinski definition) is 11. The molecule has 13 nitrogen and oxygen atoms in total. The number of ether oxygens (including phenoxy) is 5. The Labute approximate surface area is 282 Å². The average Bonchev–Trinajstić information content (AvgIpc) is 3.77. The second-order valence-corrected chi connectivity index (χ2v) is 12.4. The van der Waals surface area contributed by atoms with E-state index in [9.17, 15) is 14.4 Å². The fraction of sp³-hybridized carbons (Fsp3) is 0.333. The first-order valence-electron chi connectivity index (χ1n) is 15.8. The van der Waals surface area contributed by atoms with E-state index in [1.165, 1.54) is 40.6 Å². The smallest absolute Gasteiger partial charge is 0.360 e. The SMILES string of the molecule is COC(=O)c1nc2oc1[C@@]13c4ccccc4NC1Oc1ccc(cc13)C[C@H](NC(=O)c1cc(OC)c(OC)c(OC)c1)C(=O)N[C@H]2C(C)C. The maximum absolute atomic E-state index is 14.1. The Morgan fingerprint density at radius 3 is 2.37 bits per heavy atom. The zero-order chi connectivity index (χ0) is 34.6. The van der Waals surface area contributed by atoms with Crippen molar-refractivity contribution in [2.45, 2.75) is 44.0 Å². The first-order chi connectivity index (χ1) is 23.6. The van der Waals surface area contributed by atoms with Crippen molar-refractivity contribution in [1.82, 2.24) is 15.6 Å². The summed E-state index contributed by atoms with van der Waals surface area (Å²) in [5.41, 5.74) is 2.15. The first-order valence-corrected chi connectivity index (χ1v) is 15.8. The molecule has 3 aliphatic heterocycles. The molecule has 1 spiro atoms. The predicted octanol–water partition coefficient (Wildman–Crippen LogP) is 4.13. The van der Waals surface area contributed by atoms with Crippen molar-refractivity contribution in [2.24, 2.45) is 5.92 Å². The normalized spacial score (nSPS) is 21.5. The van der Waals surface area contributed by atoms with Crippen LogP contribution in [0, 0.1) is 5.92 Å². The zero-order valence-electron chi connectivity index (χ0n) is 27.8. The zero-order valence-corrected chi connectivity index (χ0v) is 27.8. The Morgan fingerprint density at radius 2 is 1.69 bits per heavy atom. The molecule has 254 valence electrons. The summed E-state index contributed by atoms with van der Waals surface area (Å²) in [5.74, 6) is -0.0684. The van der Waals surface area contributed by atoms with E-state index in [4.69, 9.17) is 28.1 Å². The largest absolute Gasteiger partial charge is 0.493 e. The molecule has 1 aromatic heterocycles. The summed E-state index contributed by atoms with van der Waals surface area (Å²) in [7, 11) is 5.67. The second-order valence-electron chi connectivity index (χ2n) is 12.4. The third kappa shape index (κ3) is 4.90. The summed E-state index contributed by atoms with van der Waals surface area (Å²) in [5, 5.41) is 9.41. The quantitative estimate of drug-likeness (QED) is 0.243. The van der Waals surface area contributed by atoms with E-state index in [1.54, 1.807) is 0 Å². The van der Waals surface area contributed by atoms with Crippen LogP contribution in [0.4, 0.5) is 5.69 Å². The molecule has 0 fully saturated rings. The highest BCUT2D eigenvalue weighted by atomic mass is 16.5. The highest BCUT2D eigenvalue weighted by molar-refractivity contribution is 5.99. The number of methoxy groups -OCH3 is 4. The van der Waals surface area contributed by atoms with E-state index in [1.807, 2.05) is 56.3 Å². The van der Waals surface area contributed by atoms with Gasteiger partial charge in [-0.2, -0.15) is 0 Å². The summed E-state index contributed by atoms with van der Waals surface area (Å²) < 4.78 is 34.6. The van der Waals surface area contributed by atoms with Gasteiger partial charge >= 0.3 is 5.97 Å². The highest BCUT2D eigenvalue weighted by Gasteiger charge is 2.61. The summed E-state index contributed by atoms with van der Waals surface area (Å²) in [4.78, 5) is 46.0. The maximum Gasteiger partial charge on any atom is 0.360 e. The molecule has 2 amide bonds. The lowest BCUT2D eigenvalue weighted by Crippen LogP contribution is -2.49. The summed E-state index contributed by atoms with van der Waals surface area (Å²) in [6.45, 7) is 3.80. The van der Waals surface area contributed by atoms with Gasteiger partial charge in [0.2, 0.25) is 17.5 Å². The Hall–Kier alpha value is -5.72. The second kappa shape index (κ2) is 12.1. The molecule has 4 aromatic rings. The Morgan fingerprint density at radius 1 is 0.959 bits per heavy atom. The van der Waals surface area contributed by atoms with Gasteiger partial charge < -0.3 is 44.1 Å². The number of aromatic nitrogens is 1. The van der Waals surface area contributed by atoms with Crippen LogP contribution in [0.15, 0.2) is 59.0 Å². The minimum Gasteiger partial charge on any atom is -0.493 e. The van der Waals surface area contributed by atoms with Gasteiger partial charge in [-0.3, -0.25) is 9.59 Å². The fourth-order valence-electron chi connectivity index (χ4n) is 6.99. The van der Waals surface area contributed by atoms with Crippen molar-refractivity contribution in [3.63, 3.8) is 0 Å². The molecule has 49 heavy (non-hydrogen) atoms. The Balaban J connectivity index is 1.39. The monoisotopic (exact) mass is 668 g/mol. The number of carbonyl (C=O) groups excluding carboxylic acids is 3. The number of carbonyl (C=O) groups is 3. The number of benzene rings is 3. The Kier molecular flexibility index (Phi) is 7.84. The molecule has 13 heteroatoms. The van der Waals surface area contributed by atoms with E-state index < -0.39 is 41.5 Å². The number of hydrogen-bond donors (Lipinski definition) is 3. The summed E-state index contributed by atoms with van der Waals surface area (Å²) in [6.07, 6.45) is -0.545. The lowest BCUT2D eigenvalue weighted by molar-refractivity contribution is -0.124.